The number of hydrogen-bond donors (Lipinski definition) is 1. The molecule has 136 valence electrons. The highest BCUT2D eigenvalue weighted by Gasteiger charge is 2.14. The Morgan fingerprint density at radius 1 is 1.27 bits per heavy atom. The van der Waals surface area contributed by atoms with Crippen molar-refractivity contribution in [2.75, 3.05) is 11.1 Å². The molecule has 1 N–H and O–H groups in total. The van der Waals surface area contributed by atoms with Crippen LogP contribution in [0, 0.1) is 11.6 Å². The van der Waals surface area contributed by atoms with Crippen molar-refractivity contribution in [1.82, 2.24) is 14.8 Å². The van der Waals surface area contributed by atoms with Crippen LogP contribution in [0.3, 0.4) is 0 Å². The zero-order valence-corrected chi connectivity index (χ0v) is 15.5. The average molecular weight is 394 g/mol. The molecule has 1 amide bonds. The van der Waals surface area contributed by atoms with E-state index in [0.717, 1.165) is 18.0 Å². The minimum absolute atomic E-state index is 0.0934. The molecule has 1 aromatic carbocycles. The molecule has 9 heteroatoms. The number of halogens is 2. The lowest BCUT2D eigenvalue weighted by molar-refractivity contribution is -0.113. The summed E-state index contributed by atoms with van der Waals surface area (Å²) in [5.74, 6) is -1.34. The third-order valence-corrected chi connectivity index (χ3v) is 5.40. The third-order valence-electron chi connectivity index (χ3n) is 3.56. The first-order valence-electron chi connectivity index (χ1n) is 7.89. The van der Waals surface area contributed by atoms with Crippen LogP contribution >= 0.6 is 23.1 Å². The molecule has 0 fully saturated rings. The number of nitrogens with one attached hydrogen (secondary N) is 1. The molecular weight excluding hydrogens is 378 g/mol. The highest BCUT2D eigenvalue weighted by molar-refractivity contribution is 7.99. The number of carbonyl (C=O) groups is 1. The van der Waals surface area contributed by atoms with E-state index in [1.807, 2.05) is 29.0 Å². The van der Waals surface area contributed by atoms with Gasteiger partial charge in [0.15, 0.2) is 16.8 Å². The van der Waals surface area contributed by atoms with Crippen molar-refractivity contribution >= 4 is 34.7 Å². The number of amides is 1. The van der Waals surface area contributed by atoms with E-state index < -0.39 is 11.6 Å². The summed E-state index contributed by atoms with van der Waals surface area (Å²) in [5.41, 5.74) is 0.213. The van der Waals surface area contributed by atoms with Crippen LogP contribution in [0.2, 0.25) is 0 Å². The van der Waals surface area contributed by atoms with E-state index in [9.17, 15) is 13.6 Å². The van der Waals surface area contributed by atoms with E-state index >= 15 is 0 Å². The molecule has 26 heavy (non-hydrogen) atoms. The van der Waals surface area contributed by atoms with Crippen LogP contribution in [-0.2, 0) is 17.8 Å². The van der Waals surface area contributed by atoms with E-state index in [0.29, 0.717) is 18.1 Å². The van der Waals surface area contributed by atoms with Crippen LogP contribution in [-0.4, -0.2) is 26.4 Å². The molecule has 0 atom stereocenters. The highest BCUT2D eigenvalue weighted by atomic mass is 32.2. The Morgan fingerprint density at radius 2 is 2.12 bits per heavy atom. The Labute approximate surface area is 157 Å². The van der Waals surface area contributed by atoms with Crippen LogP contribution in [0.1, 0.15) is 17.6 Å². The molecule has 3 rings (SSSR count). The van der Waals surface area contributed by atoms with Crippen LogP contribution in [0.5, 0.6) is 0 Å². The summed E-state index contributed by atoms with van der Waals surface area (Å²) in [6.07, 6.45) is 0.695. The molecule has 0 saturated heterocycles. The maximum absolute atomic E-state index is 13.2. The maximum atomic E-state index is 13.2. The Balaban J connectivity index is 1.61. The van der Waals surface area contributed by atoms with Gasteiger partial charge in [-0.25, -0.2) is 8.78 Å². The zero-order chi connectivity index (χ0) is 18.5. The fourth-order valence-electron chi connectivity index (χ4n) is 2.34. The molecule has 3 aromatic rings. The van der Waals surface area contributed by atoms with Crippen LogP contribution in [0.15, 0.2) is 40.9 Å². The first-order valence-corrected chi connectivity index (χ1v) is 9.75. The molecule has 5 nitrogen and oxygen atoms in total. The van der Waals surface area contributed by atoms with Gasteiger partial charge in [0.2, 0.25) is 5.91 Å². The second kappa shape index (κ2) is 8.41. The number of thioether (sulfide) groups is 1. The lowest BCUT2D eigenvalue weighted by Gasteiger charge is -2.07. The summed E-state index contributed by atoms with van der Waals surface area (Å²) in [7, 11) is 0. The normalized spacial score (nSPS) is 10.9. The molecule has 0 unspecified atom stereocenters. The Hall–Kier alpha value is -2.26. The molecule has 0 saturated carbocycles. The van der Waals surface area contributed by atoms with Crippen molar-refractivity contribution in [2.24, 2.45) is 0 Å². The largest absolute Gasteiger partial charge is 0.325 e. The fourth-order valence-corrected chi connectivity index (χ4v) is 3.87. The number of thiophene rings is 1. The monoisotopic (exact) mass is 394 g/mol. The molecular formula is C17H16F2N4OS2. The minimum Gasteiger partial charge on any atom is -0.325 e. The van der Waals surface area contributed by atoms with E-state index in [-0.39, 0.29) is 17.3 Å². The van der Waals surface area contributed by atoms with Crippen molar-refractivity contribution in [3.63, 3.8) is 0 Å². The Kier molecular flexibility index (Phi) is 6.00. The molecule has 0 spiro atoms. The summed E-state index contributed by atoms with van der Waals surface area (Å²) in [4.78, 5) is 13.2. The molecule has 0 aliphatic heterocycles. The summed E-state index contributed by atoms with van der Waals surface area (Å²) in [6.45, 7) is 2.69. The van der Waals surface area contributed by atoms with Crippen molar-refractivity contribution < 1.29 is 13.6 Å². The Bertz CT molecular complexity index is 896. The van der Waals surface area contributed by atoms with Gasteiger partial charge < -0.3 is 9.88 Å². The standard InChI is InChI=1S/C17H16F2N4OS2/c1-2-23-15(9-12-4-3-7-25-12)21-22-17(23)26-10-16(24)20-11-5-6-13(18)14(19)8-11/h3-8H,2,9-10H2,1H3,(H,20,24). The fraction of sp³-hybridized carbons (Fsp3) is 0.235. The topological polar surface area (TPSA) is 59.8 Å². The van der Waals surface area contributed by atoms with E-state index in [2.05, 4.69) is 15.5 Å². The predicted molar refractivity (Wildman–Crippen MR) is 98.5 cm³/mol. The second-order valence-corrected chi connectivity index (χ2v) is 7.34. The lowest BCUT2D eigenvalue weighted by Crippen LogP contribution is -2.15. The number of aromatic nitrogens is 3. The Morgan fingerprint density at radius 3 is 2.81 bits per heavy atom. The summed E-state index contributed by atoms with van der Waals surface area (Å²) >= 11 is 2.91. The average Bonchev–Trinajstić information content (AvgIpc) is 3.26. The van der Waals surface area contributed by atoms with Gasteiger partial charge in [-0.2, -0.15) is 0 Å². The van der Waals surface area contributed by atoms with Crippen LogP contribution in [0.25, 0.3) is 0 Å². The molecule has 0 bridgehead atoms. The van der Waals surface area contributed by atoms with Crippen molar-refractivity contribution in [3.05, 3.63) is 58.0 Å². The minimum atomic E-state index is -1.00. The molecule has 0 aliphatic rings. The van der Waals surface area contributed by atoms with E-state index in [1.165, 1.54) is 22.7 Å². The van der Waals surface area contributed by atoms with Crippen LogP contribution in [0.4, 0.5) is 14.5 Å². The number of carbonyl (C=O) groups excluding carboxylic acids is 1. The molecule has 2 aromatic heterocycles. The summed E-state index contributed by atoms with van der Waals surface area (Å²) in [5, 5.41) is 13.6. The second-order valence-electron chi connectivity index (χ2n) is 5.36. The zero-order valence-electron chi connectivity index (χ0n) is 13.9. The van der Waals surface area contributed by atoms with Gasteiger partial charge in [-0.05, 0) is 30.5 Å². The smallest absolute Gasteiger partial charge is 0.234 e. The molecule has 2 heterocycles. The first-order chi connectivity index (χ1) is 12.6. The number of nitrogens with zero attached hydrogens (tertiary/aromatic N) is 3. The highest BCUT2D eigenvalue weighted by Crippen LogP contribution is 2.21. The van der Waals surface area contributed by atoms with Gasteiger partial charge in [0.25, 0.3) is 0 Å². The van der Waals surface area contributed by atoms with E-state index in [1.54, 1.807) is 11.3 Å². The SMILES string of the molecule is CCn1c(Cc2cccs2)nnc1SCC(=O)Nc1ccc(F)c(F)c1. The number of rotatable bonds is 7. The van der Waals surface area contributed by atoms with Gasteiger partial charge in [-0.1, -0.05) is 17.8 Å². The van der Waals surface area contributed by atoms with Crippen LogP contribution < -0.4 is 5.32 Å². The van der Waals surface area contributed by atoms with Gasteiger partial charge in [0.05, 0.1) is 5.75 Å². The van der Waals surface area contributed by atoms with Crippen molar-refractivity contribution in [1.29, 1.82) is 0 Å². The lowest BCUT2D eigenvalue weighted by atomic mass is 10.3. The predicted octanol–water partition coefficient (Wildman–Crippen LogP) is 3.96. The molecule has 0 aliphatic carbocycles. The van der Waals surface area contributed by atoms with Gasteiger partial charge in [0, 0.05) is 29.6 Å². The van der Waals surface area contributed by atoms with Gasteiger partial charge >= 0.3 is 0 Å². The third kappa shape index (κ3) is 4.47. The van der Waals surface area contributed by atoms with Crippen molar-refractivity contribution in [2.45, 2.75) is 25.0 Å². The number of benzene rings is 1. The van der Waals surface area contributed by atoms with Gasteiger partial charge in [-0.15, -0.1) is 21.5 Å². The number of anilines is 1. The quantitative estimate of drug-likeness (QED) is 0.616. The van der Waals surface area contributed by atoms with E-state index in [4.69, 9.17) is 0 Å². The molecule has 0 radical (unpaired) electrons. The maximum Gasteiger partial charge on any atom is 0.234 e. The summed E-state index contributed by atoms with van der Waals surface area (Å²) < 4.78 is 28.1. The van der Waals surface area contributed by atoms with Gasteiger partial charge in [0.1, 0.15) is 5.82 Å². The number of hydrogen-bond acceptors (Lipinski definition) is 5. The summed E-state index contributed by atoms with van der Waals surface area (Å²) in [6, 6.07) is 7.27. The van der Waals surface area contributed by atoms with Gasteiger partial charge in [-0.3, -0.25) is 4.79 Å². The first kappa shape index (κ1) is 18.5. The van der Waals surface area contributed by atoms with Crippen molar-refractivity contribution in [3.8, 4) is 0 Å².